The first-order valence-electron chi connectivity index (χ1n) is 8.70. The van der Waals surface area contributed by atoms with Gasteiger partial charge in [0.15, 0.2) is 0 Å². The van der Waals surface area contributed by atoms with Crippen molar-refractivity contribution in [2.75, 3.05) is 23.3 Å². The monoisotopic (exact) mass is 335 g/mol. The summed E-state index contributed by atoms with van der Waals surface area (Å²) in [6, 6.07) is 11.8. The van der Waals surface area contributed by atoms with E-state index in [1.807, 2.05) is 41.0 Å². The van der Waals surface area contributed by atoms with Crippen LogP contribution in [0.15, 0.2) is 48.9 Å². The number of amides is 1. The van der Waals surface area contributed by atoms with Crippen LogP contribution in [-0.2, 0) is 11.3 Å². The molecule has 1 N–H and O–H groups in total. The largest absolute Gasteiger partial charge is 0.357 e. The average Bonchev–Trinajstić information content (AvgIpc) is 3.31. The zero-order valence-corrected chi connectivity index (χ0v) is 14.1. The summed E-state index contributed by atoms with van der Waals surface area (Å²) in [6.45, 7) is 2.74. The third kappa shape index (κ3) is 3.47. The molecule has 6 heteroatoms. The SMILES string of the molecule is O=C(CCn1cnc2ccccc21)Nc1ccc(N2CCCC2)nc1. The standard InChI is InChI=1S/C19H21N5O/c25-19(9-12-24-14-21-16-5-1-2-6-17(16)24)22-15-7-8-18(20-13-15)23-10-3-4-11-23/h1-2,5-8,13-14H,3-4,9-12H2,(H,22,25). The van der Waals surface area contributed by atoms with Crippen LogP contribution in [0.25, 0.3) is 11.0 Å². The lowest BCUT2D eigenvalue weighted by atomic mass is 10.3. The summed E-state index contributed by atoms with van der Waals surface area (Å²) in [4.78, 5) is 23.3. The van der Waals surface area contributed by atoms with E-state index in [1.165, 1.54) is 12.8 Å². The number of nitrogens with one attached hydrogen (secondary N) is 1. The molecule has 0 aliphatic carbocycles. The topological polar surface area (TPSA) is 63.1 Å². The van der Waals surface area contributed by atoms with Gasteiger partial charge in [0.1, 0.15) is 5.82 Å². The third-order valence-electron chi connectivity index (χ3n) is 4.57. The maximum atomic E-state index is 12.2. The van der Waals surface area contributed by atoms with E-state index in [0.717, 1.165) is 35.6 Å². The minimum atomic E-state index is -0.0199. The van der Waals surface area contributed by atoms with Crippen molar-refractivity contribution in [2.24, 2.45) is 0 Å². The molecule has 0 unspecified atom stereocenters. The van der Waals surface area contributed by atoms with Crippen LogP contribution in [0.3, 0.4) is 0 Å². The molecule has 0 saturated carbocycles. The Bertz CT molecular complexity index is 865. The lowest BCUT2D eigenvalue weighted by Gasteiger charge is -2.16. The van der Waals surface area contributed by atoms with Gasteiger partial charge in [-0.1, -0.05) is 12.1 Å². The van der Waals surface area contributed by atoms with Crippen molar-refractivity contribution in [1.29, 1.82) is 0 Å². The highest BCUT2D eigenvalue weighted by Gasteiger charge is 2.13. The van der Waals surface area contributed by atoms with Gasteiger partial charge in [0.2, 0.25) is 5.91 Å². The number of carbonyl (C=O) groups excluding carboxylic acids is 1. The summed E-state index contributed by atoms with van der Waals surface area (Å²) < 4.78 is 2.00. The van der Waals surface area contributed by atoms with E-state index >= 15 is 0 Å². The van der Waals surface area contributed by atoms with Crippen LogP contribution in [0.1, 0.15) is 19.3 Å². The smallest absolute Gasteiger partial charge is 0.226 e. The highest BCUT2D eigenvalue weighted by atomic mass is 16.1. The molecule has 1 aromatic carbocycles. The van der Waals surface area contributed by atoms with Crippen LogP contribution in [0.5, 0.6) is 0 Å². The summed E-state index contributed by atoms with van der Waals surface area (Å²) in [5, 5.41) is 2.92. The van der Waals surface area contributed by atoms with E-state index in [2.05, 4.69) is 20.2 Å². The summed E-state index contributed by atoms with van der Waals surface area (Å²) in [5.74, 6) is 0.967. The van der Waals surface area contributed by atoms with Gasteiger partial charge in [-0.05, 0) is 37.1 Å². The quantitative estimate of drug-likeness (QED) is 0.778. The molecular formula is C19H21N5O. The van der Waals surface area contributed by atoms with E-state index in [-0.39, 0.29) is 5.91 Å². The van der Waals surface area contributed by atoms with E-state index < -0.39 is 0 Å². The number of para-hydroxylation sites is 2. The van der Waals surface area contributed by atoms with Crippen molar-refractivity contribution in [3.05, 3.63) is 48.9 Å². The van der Waals surface area contributed by atoms with Crippen molar-refractivity contribution < 1.29 is 4.79 Å². The first kappa shape index (κ1) is 15.6. The lowest BCUT2D eigenvalue weighted by Crippen LogP contribution is -2.19. The molecule has 2 aromatic heterocycles. The predicted molar refractivity (Wildman–Crippen MR) is 98.7 cm³/mol. The first-order valence-corrected chi connectivity index (χ1v) is 8.70. The van der Waals surface area contributed by atoms with Gasteiger partial charge >= 0.3 is 0 Å². The minimum absolute atomic E-state index is 0.0199. The molecule has 1 fully saturated rings. The van der Waals surface area contributed by atoms with Gasteiger partial charge in [0.25, 0.3) is 0 Å². The number of aromatic nitrogens is 3. The molecule has 128 valence electrons. The van der Waals surface area contributed by atoms with E-state index in [9.17, 15) is 4.79 Å². The predicted octanol–water partition coefficient (Wildman–Crippen LogP) is 3.06. The Morgan fingerprint density at radius 2 is 1.92 bits per heavy atom. The molecule has 0 atom stereocenters. The van der Waals surface area contributed by atoms with Crippen LogP contribution >= 0.6 is 0 Å². The van der Waals surface area contributed by atoms with Gasteiger partial charge in [-0.25, -0.2) is 9.97 Å². The number of rotatable bonds is 5. The molecular weight excluding hydrogens is 314 g/mol. The van der Waals surface area contributed by atoms with Gasteiger partial charge in [-0.15, -0.1) is 0 Å². The van der Waals surface area contributed by atoms with Crippen molar-refractivity contribution in [3.8, 4) is 0 Å². The van der Waals surface area contributed by atoms with E-state index in [0.29, 0.717) is 13.0 Å². The highest BCUT2D eigenvalue weighted by Crippen LogP contribution is 2.19. The van der Waals surface area contributed by atoms with Crippen molar-refractivity contribution in [2.45, 2.75) is 25.8 Å². The second-order valence-corrected chi connectivity index (χ2v) is 6.32. The van der Waals surface area contributed by atoms with Gasteiger partial charge in [0, 0.05) is 26.1 Å². The maximum absolute atomic E-state index is 12.2. The van der Waals surface area contributed by atoms with Crippen LogP contribution in [0.2, 0.25) is 0 Å². The molecule has 0 bridgehead atoms. The number of fused-ring (bicyclic) bond motifs is 1. The Balaban J connectivity index is 1.34. The van der Waals surface area contributed by atoms with Gasteiger partial charge in [0.05, 0.1) is 29.2 Å². The molecule has 1 aliphatic heterocycles. The molecule has 0 radical (unpaired) electrons. The Morgan fingerprint density at radius 1 is 1.08 bits per heavy atom. The normalized spacial score (nSPS) is 14.2. The second kappa shape index (κ2) is 6.93. The Labute approximate surface area is 146 Å². The fraction of sp³-hybridized carbons (Fsp3) is 0.316. The number of anilines is 2. The minimum Gasteiger partial charge on any atom is -0.357 e. The van der Waals surface area contributed by atoms with Crippen molar-refractivity contribution in [1.82, 2.24) is 14.5 Å². The lowest BCUT2D eigenvalue weighted by molar-refractivity contribution is -0.116. The maximum Gasteiger partial charge on any atom is 0.226 e. The molecule has 6 nitrogen and oxygen atoms in total. The molecule has 3 heterocycles. The zero-order chi connectivity index (χ0) is 17.1. The first-order chi connectivity index (χ1) is 12.3. The number of nitrogens with zero attached hydrogens (tertiary/aromatic N) is 4. The van der Waals surface area contributed by atoms with Crippen LogP contribution in [0.4, 0.5) is 11.5 Å². The fourth-order valence-corrected chi connectivity index (χ4v) is 3.23. The van der Waals surface area contributed by atoms with Crippen molar-refractivity contribution in [3.63, 3.8) is 0 Å². The third-order valence-corrected chi connectivity index (χ3v) is 4.57. The zero-order valence-electron chi connectivity index (χ0n) is 14.1. The van der Waals surface area contributed by atoms with Crippen molar-refractivity contribution >= 4 is 28.4 Å². The Kier molecular flexibility index (Phi) is 4.33. The van der Waals surface area contributed by atoms with Gasteiger partial charge in [-0.2, -0.15) is 0 Å². The molecule has 1 amide bonds. The Hall–Kier alpha value is -2.89. The molecule has 1 saturated heterocycles. The Morgan fingerprint density at radius 3 is 2.72 bits per heavy atom. The summed E-state index contributed by atoms with van der Waals surface area (Å²) in [6.07, 6.45) is 6.36. The summed E-state index contributed by atoms with van der Waals surface area (Å²) in [7, 11) is 0. The number of benzene rings is 1. The van der Waals surface area contributed by atoms with E-state index in [4.69, 9.17) is 0 Å². The molecule has 3 aromatic rings. The highest BCUT2D eigenvalue weighted by molar-refractivity contribution is 5.90. The van der Waals surface area contributed by atoms with Gasteiger partial charge < -0.3 is 14.8 Å². The molecule has 0 spiro atoms. The van der Waals surface area contributed by atoms with Crippen LogP contribution < -0.4 is 10.2 Å². The molecule has 1 aliphatic rings. The number of hydrogen-bond donors (Lipinski definition) is 1. The molecule has 4 rings (SSSR count). The summed E-state index contributed by atoms with van der Waals surface area (Å²) in [5.41, 5.74) is 2.74. The number of carbonyl (C=O) groups is 1. The molecule has 25 heavy (non-hydrogen) atoms. The number of pyridine rings is 1. The second-order valence-electron chi connectivity index (χ2n) is 6.32. The van der Waals surface area contributed by atoms with Crippen LogP contribution in [-0.4, -0.2) is 33.5 Å². The number of imidazole rings is 1. The average molecular weight is 335 g/mol. The van der Waals surface area contributed by atoms with Gasteiger partial charge in [-0.3, -0.25) is 4.79 Å². The van der Waals surface area contributed by atoms with E-state index in [1.54, 1.807) is 12.5 Å². The van der Waals surface area contributed by atoms with Crippen LogP contribution in [0, 0.1) is 0 Å². The number of hydrogen-bond acceptors (Lipinski definition) is 4. The number of aryl methyl sites for hydroxylation is 1. The summed E-state index contributed by atoms with van der Waals surface area (Å²) >= 11 is 0. The fourth-order valence-electron chi connectivity index (χ4n) is 3.23.